The molecule has 0 aromatic heterocycles. The molecule has 19 heavy (non-hydrogen) atoms. The van der Waals surface area contributed by atoms with E-state index in [1.54, 1.807) is 12.1 Å². The van der Waals surface area contributed by atoms with Gasteiger partial charge in [-0.15, -0.1) is 0 Å². The maximum absolute atomic E-state index is 12.4. The number of nitrogens with zero attached hydrogens (tertiary/aromatic N) is 1. The number of benzene rings is 1. The van der Waals surface area contributed by atoms with E-state index in [4.69, 9.17) is 9.47 Å². The number of ether oxygens (including phenoxy) is 2. The third-order valence-electron chi connectivity index (χ3n) is 3.15. The van der Waals surface area contributed by atoms with Gasteiger partial charge in [-0.25, -0.2) is 0 Å². The number of carbonyl (C=O) groups is 1. The molecule has 1 atom stereocenters. The molecule has 2 N–H and O–H groups in total. The van der Waals surface area contributed by atoms with Crippen LogP contribution in [0.1, 0.15) is 10.4 Å². The Morgan fingerprint density at radius 3 is 3.05 bits per heavy atom. The molecule has 0 radical (unpaired) electrons. The van der Waals surface area contributed by atoms with E-state index >= 15 is 0 Å². The number of aliphatic hydroxyl groups is 1. The van der Waals surface area contributed by atoms with Crippen LogP contribution in [0.5, 0.6) is 11.5 Å². The Morgan fingerprint density at radius 1 is 1.58 bits per heavy atom. The van der Waals surface area contributed by atoms with Crippen LogP contribution in [-0.4, -0.2) is 60.5 Å². The molecule has 0 spiro atoms. The minimum atomic E-state index is -0.383. The van der Waals surface area contributed by atoms with Gasteiger partial charge >= 0.3 is 0 Å². The quantitative estimate of drug-likeness (QED) is 0.820. The summed E-state index contributed by atoms with van der Waals surface area (Å²) in [6, 6.07) is 4.37. The molecular weight excluding hydrogens is 250 g/mol. The van der Waals surface area contributed by atoms with Gasteiger partial charge in [0.2, 0.25) is 0 Å². The average molecular weight is 267 g/mol. The normalized spacial score (nSPS) is 19.3. The van der Waals surface area contributed by atoms with E-state index in [9.17, 15) is 15.0 Å². The van der Waals surface area contributed by atoms with Gasteiger partial charge in [0, 0.05) is 6.54 Å². The highest BCUT2D eigenvalue weighted by molar-refractivity contribution is 5.97. The number of aliphatic hydroxyl groups excluding tert-OH is 1. The Morgan fingerprint density at radius 2 is 2.37 bits per heavy atom. The fourth-order valence-corrected chi connectivity index (χ4v) is 2.09. The van der Waals surface area contributed by atoms with Gasteiger partial charge in [-0.2, -0.15) is 0 Å². The van der Waals surface area contributed by atoms with Crippen molar-refractivity contribution in [2.24, 2.45) is 0 Å². The highest BCUT2D eigenvalue weighted by atomic mass is 16.5. The monoisotopic (exact) mass is 267 g/mol. The highest BCUT2D eigenvalue weighted by Gasteiger charge is 2.29. The van der Waals surface area contributed by atoms with Crippen molar-refractivity contribution in [1.82, 2.24) is 4.90 Å². The number of phenolic OH excluding ortho intramolecular Hbond substituents is 1. The van der Waals surface area contributed by atoms with Gasteiger partial charge in [0.25, 0.3) is 5.91 Å². The van der Waals surface area contributed by atoms with Crippen molar-refractivity contribution in [1.29, 1.82) is 0 Å². The van der Waals surface area contributed by atoms with E-state index in [1.807, 2.05) is 0 Å². The minimum absolute atomic E-state index is 0.166. The summed E-state index contributed by atoms with van der Waals surface area (Å²) in [5.41, 5.74) is 0.166. The van der Waals surface area contributed by atoms with E-state index in [1.165, 1.54) is 18.1 Å². The summed E-state index contributed by atoms with van der Waals surface area (Å²) in [6.07, 6.45) is 0. The second-order valence-corrected chi connectivity index (χ2v) is 4.27. The van der Waals surface area contributed by atoms with Crippen molar-refractivity contribution in [2.75, 3.05) is 33.5 Å². The van der Waals surface area contributed by atoms with E-state index in [-0.39, 0.29) is 35.6 Å². The minimum Gasteiger partial charge on any atom is -0.504 e. The molecule has 0 saturated carbocycles. The van der Waals surface area contributed by atoms with Crippen LogP contribution in [0.15, 0.2) is 18.2 Å². The first-order valence-electron chi connectivity index (χ1n) is 6.04. The van der Waals surface area contributed by atoms with Crippen LogP contribution in [0.4, 0.5) is 0 Å². The fourth-order valence-electron chi connectivity index (χ4n) is 2.09. The lowest BCUT2D eigenvalue weighted by Gasteiger charge is -2.34. The molecule has 0 aliphatic carbocycles. The molecule has 1 aromatic rings. The summed E-state index contributed by atoms with van der Waals surface area (Å²) in [5, 5.41) is 19.2. The van der Waals surface area contributed by atoms with E-state index in [0.717, 1.165) is 0 Å². The molecule has 2 rings (SSSR count). The summed E-state index contributed by atoms with van der Waals surface area (Å²) in [7, 11) is 1.43. The number of hydrogen-bond acceptors (Lipinski definition) is 5. The number of carbonyl (C=O) groups excluding carboxylic acids is 1. The Bertz CT molecular complexity index is 462. The second-order valence-electron chi connectivity index (χ2n) is 4.27. The molecule has 104 valence electrons. The molecular formula is C13H17NO5. The molecule has 1 aromatic carbocycles. The number of methoxy groups -OCH3 is 1. The summed E-state index contributed by atoms with van der Waals surface area (Å²) in [4.78, 5) is 13.9. The van der Waals surface area contributed by atoms with Crippen molar-refractivity contribution in [2.45, 2.75) is 6.04 Å². The largest absolute Gasteiger partial charge is 0.504 e. The number of phenols is 1. The highest BCUT2D eigenvalue weighted by Crippen LogP contribution is 2.30. The predicted octanol–water partition coefficient (Wildman–Crippen LogP) is 0.234. The van der Waals surface area contributed by atoms with Crippen molar-refractivity contribution >= 4 is 5.91 Å². The molecule has 1 heterocycles. The molecule has 1 saturated heterocycles. The first kappa shape index (κ1) is 13.6. The molecule has 6 nitrogen and oxygen atoms in total. The number of rotatable bonds is 3. The number of aromatic hydroxyl groups is 1. The average Bonchev–Trinajstić information content (AvgIpc) is 2.46. The predicted molar refractivity (Wildman–Crippen MR) is 67.4 cm³/mol. The summed E-state index contributed by atoms with van der Waals surface area (Å²) < 4.78 is 10.2. The van der Waals surface area contributed by atoms with Crippen molar-refractivity contribution < 1.29 is 24.5 Å². The summed E-state index contributed by atoms with van der Waals surface area (Å²) in [5.74, 6) is -0.267. The van der Waals surface area contributed by atoms with Crippen molar-refractivity contribution in [3.05, 3.63) is 23.8 Å². The zero-order chi connectivity index (χ0) is 13.8. The lowest BCUT2D eigenvalue weighted by Crippen LogP contribution is -2.50. The van der Waals surface area contributed by atoms with Crippen molar-refractivity contribution in [3.63, 3.8) is 0 Å². The molecule has 1 aliphatic heterocycles. The third-order valence-corrected chi connectivity index (χ3v) is 3.15. The molecule has 1 fully saturated rings. The van der Waals surface area contributed by atoms with E-state index in [0.29, 0.717) is 19.8 Å². The molecule has 6 heteroatoms. The topological polar surface area (TPSA) is 79.2 Å². The van der Waals surface area contributed by atoms with E-state index in [2.05, 4.69) is 0 Å². The maximum atomic E-state index is 12.4. The van der Waals surface area contributed by atoms with Gasteiger partial charge < -0.3 is 24.6 Å². The first-order valence-corrected chi connectivity index (χ1v) is 6.04. The number of morpholine rings is 1. The van der Waals surface area contributed by atoms with Gasteiger partial charge in [-0.3, -0.25) is 4.79 Å². The van der Waals surface area contributed by atoms with Crippen LogP contribution in [0.2, 0.25) is 0 Å². The number of hydrogen-bond donors (Lipinski definition) is 2. The summed E-state index contributed by atoms with van der Waals surface area (Å²) >= 11 is 0. The number of amides is 1. The SMILES string of the molecule is COc1cccc(C(=O)N2CCOCC2CO)c1O. The fraction of sp³-hybridized carbons (Fsp3) is 0.462. The molecule has 1 aliphatic rings. The second kappa shape index (κ2) is 5.90. The Kier molecular flexibility index (Phi) is 4.24. The first-order chi connectivity index (χ1) is 9.19. The van der Waals surface area contributed by atoms with Gasteiger partial charge in [0.05, 0.1) is 38.5 Å². The Balaban J connectivity index is 2.28. The maximum Gasteiger partial charge on any atom is 0.258 e. The van der Waals surface area contributed by atoms with Crippen molar-refractivity contribution in [3.8, 4) is 11.5 Å². The Hall–Kier alpha value is -1.79. The van der Waals surface area contributed by atoms with Gasteiger partial charge in [-0.1, -0.05) is 6.07 Å². The lowest BCUT2D eigenvalue weighted by molar-refractivity contribution is -0.0185. The van der Waals surface area contributed by atoms with Crippen LogP contribution in [0, 0.1) is 0 Å². The zero-order valence-electron chi connectivity index (χ0n) is 10.7. The van der Waals surface area contributed by atoms with Crippen LogP contribution < -0.4 is 4.74 Å². The molecule has 1 unspecified atom stereocenters. The number of para-hydroxylation sites is 1. The lowest BCUT2D eigenvalue weighted by atomic mass is 10.1. The molecule has 1 amide bonds. The van der Waals surface area contributed by atoms with Gasteiger partial charge in [0.15, 0.2) is 11.5 Å². The van der Waals surface area contributed by atoms with Gasteiger partial charge in [0.1, 0.15) is 0 Å². The van der Waals surface area contributed by atoms with Crippen LogP contribution in [0.25, 0.3) is 0 Å². The zero-order valence-corrected chi connectivity index (χ0v) is 10.7. The van der Waals surface area contributed by atoms with Crippen LogP contribution in [-0.2, 0) is 4.74 Å². The van der Waals surface area contributed by atoms with Crippen LogP contribution in [0.3, 0.4) is 0 Å². The molecule has 0 bridgehead atoms. The van der Waals surface area contributed by atoms with Gasteiger partial charge in [-0.05, 0) is 12.1 Å². The standard InChI is InChI=1S/C13H17NO5/c1-18-11-4-2-3-10(12(11)16)13(17)14-5-6-19-8-9(14)7-15/h2-4,9,15-16H,5-8H2,1H3. The third kappa shape index (κ3) is 2.64. The van der Waals surface area contributed by atoms with E-state index < -0.39 is 0 Å². The van der Waals surface area contributed by atoms with Crippen LogP contribution >= 0.6 is 0 Å². The smallest absolute Gasteiger partial charge is 0.258 e. The summed E-state index contributed by atoms with van der Waals surface area (Å²) in [6.45, 7) is 0.942. The Labute approximate surface area is 111 Å².